The molecule has 0 bridgehead atoms. The molecule has 1 N–H and O–H groups in total. The van der Waals surface area contributed by atoms with Crippen LogP contribution in [0.2, 0.25) is 0 Å². The average Bonchev–Trinajstić information content (AvgIpc) is 2.92. The quantitative estimate of drug-likeness (QED) is 0.874. The number of methoxy groups -OCH3 is 2. The minimum atomic E-state index is -0.730. The molecular formula is C16H23NO4. The second kappa shape index (κ2) is 6.80. The Morgan fingerprint density at radius 2 is 2.10 bits per heavy atom. The third kappa shape index (κ3) is 3.47. The van der Waals surface area contributed by atoms with Gasteiger partial charge in [-0.1, -0.05) is 6.07 Å². The van der Waals surface area contributed by atoms with Gasteiger partial charge in [0.1, 0.15) is 0 Å². The third-order valence-electron chi connectivity index (χ3n) is 4.22. The van der Waals surface area contributed by atoms with Gasteiger partial charge in [-0.05, 0) is 44.0 Å². The van der Waals surface area contributed by atoms with E-state index in [1.54, 1.807) is 14.2 Å². The number of likely N-dealkylation sites (tertiary alicyclic amines) is 1. The summed E-state index contributed by atoms with van der Waals surface area (Å²) in [6.45, 7) is 3.05. The number of rotatable bonds is 6. The lowest BCUT2D eigenvalue weighted by molar-refractivity contribution is -0.138. The van der Waals surface area contributed by atoms with Crippen molar-refractivity contribution < 1.29 is 19.4 Å². The molecule has 1 aliphatic rings. The molecule has 1 saturated heterocycles. The van der Waals surface area contributed by atoms with Crippen LogP contribution in [0.15, 0.2) is 18.2 Å². The number of carboxylic acids is 1. The summed E-state index contributed by atoms with van der Waals surface area (Å²) < 4.78 is 10.6. The second-order valence-electron chi connectivity index (χ2n) is 5.42. The number of nitrogens with zero attached hydrogens (tertiary/aromatic N) is 1. The molecular weight excluding hydrogens is 270 g/mol. The van der Waals surface area contributed by atoms with Gasteiger partial charge in [0.25, 0.3) is 0 Å². The first-order valence-corrected chi connectivity index (χ1v) is 7.26. The van der Waals surface area contributed by atoms with Crippen molar-refractivity contribution in [3.63, 3.8) is 0 Å². The van der Waals surface area contributed by atoms with Crippen LogP contribution in [-0.2, 0) is 4.79 Å². The Bertz CT molecular complexity index is 503. The van der Waals surface area contributed by atoms with Gasteiger partial charge in [-0.15, -0.1) is 0 Å². The first-order valence-electron chi connectivity index (χ1n) is 7.26. The minimum absolute atomic E-state index is 0.116. The van der Waals surface area contributed by atoms with Gasteiger partial charge in [0.15, 0.2) is 11.5 Å². The highest BCUT2D eigenvalue weighted by Gasteiger charge is 2.31. The summed E-state index contributed by atoms with van der Waals surface area (Å²) in [6.07, 6.45) is 2.21. The molecule has 21 heavy (non-hydrogen) atoms. The number of benzene rings is 1. The number of hydrogen-bond donors (Lipinski definition) is 1. The lowest BCUT2D eigenvalue weighted by Gasteiger charge is -2.30. The average molecular weight is 293 g/mol. The van der Waals surface area contributed by atoms with E-state index in [-0.39, 0.29) is 18.5 Å². The molecule has 0 aromatic heterocycles. The smallest absolute Gasteiger partial charge is 0.304 e. The molecule has 2 atom stereocenters. The van der Waals surface area contributed by atoms with Crippen molar-refractivity contribution in [2.75, 3.05) is 20.8 Å². The van der Waals surface area contributed by atoms with Crippen LogP contribution < -0.4 is 9.47 Å². The van der Waals surface area contributed by atoms with Gasteiger partial charge in [-0.25, -0.2) is 0 Å². The third-order valence-corrected chi connectivity index (χ3v) is 4.22. The Morgan fingerprint density at radius 3 is 2.71 bits per heavy atom. The number of carbonyl (C=O) groups is 1. The van der Waals surface area contributed by atoms with Crippen molar-refractivity contribution in [1.82, 2.24) is 4.90 Å². The van der Waals surface area contributed by atoms with Gasteiger partial charge < -0.3 is 14.6 Å². The van der Waals surface area contributed by atoms with Crippen molar-refractivity contribution in [2.24, 2.45) is 0 Å². The zero-order valence-electron chi connectivity index (χ0n) is 12.8. The molecule has 2 rings (SSSR count). The molecule has 1 aliphatic heterocycles. The Kier molecular flexibility index (Phi) is 5.07. The van der Waals surface area contributed by atoms with Crippen LogP contribution in [0.5, 0.6) is 11.5 Å². The molecule has 2 unspecified atom stereocenters. The molecule has 1 aromatic carbocycles. The highest BCUT2D eigenvalue weighted by atomic mass is 16.5. The van der Waals surface area contributed by atoms with Crippen molar-refractivity contribution >= 4 is 5.97 Å². The molecule has 1 aromatic rings. The van der Waals surface area contributed by atoms with E-state index in [9.17, 15) is 4.79 Å². The van der Waals surface area contributed by atoms with E-state index in [2.05, 4.69) is 11.8 Å². The van der Waals surface area contributed by atoms with Crippen LogP contribution in [0.3, 0.4) is 0 Å². The molecule has 0 aliphatic carbocycles. The first kappa shape index (κ1) is 15.6. The number of hydrogen-bond acceptors (Lipinski definition) is 4. The molecule has 5 heteroatoms. The van der Waals surface area contributed by atoms with E-state index in [0.717, 1.165) is 24.9 Å². The van der Waals surface area contributed by atoms with Gasteiger partial charge >= 0.3 is 5.97 Å². The van der Waals surface area contributed by atoms with Gasteiger partial charge in [-0.3, -0.25) is 9.69 Å². The second-order valence-corrected chi connectivity index (χ2v) is 5.42. The topological polar surface area (TPSA) is 59.0 Å². The Hall–Kier alpha value is -1.75. The first-order chi connectivity index (χ1) is 10.1. The molecule has 0 amide bonds. The summed E-state index contributed by atoms with van der Waals surface area (Å²) in [6, 6.07) is 6.16. The highest BCUT2D eigenvalue weighted by Crippen LogP contribution is 2.35. The van der Waals surface area contributed by atoms with Crippen LogP contribution >= 0.6 is 0 Å². The number of carboxylic acid groups (broad SMARTS) is 1. The molecule has 0 spiro atoms. The van der Waals surface area contributed by atoms with E-state index in [1.807, 2.05) is 18.2 Å². The largest absolute Gasteiger partial charge is 0.493 e. The fourth-order valence-electron chi connectivity index (χ4n) is 3.09. The SMILES string of the molecule is COc1ccc(C(C)N2CCCC2CC(=O)O)cc1OC. The molecule has 0 radical (unpaired) electrons. The summed E-state index contributed by atoms with van der Waals surface area (Å²) in [4.78, 5) is 13.3. The predicted molar refractivity (Wildman–Crippen MR) is 79.9 cm³/mol. The predicted octanol–water partition coefficient (Wildman–Crippen LogP) is 2.70. The maximum absolute atomic E-state index is 11.0. The standard InChI is InChI=1S/C16H23NO4/c1-11(17-8-4-5-13(17)10-16(18)19)12-6-7-14(20-2)15(9-12)21-3/h6-7,9,11,13H,4-5,8,10H2,1-3H3,(H,18,19). The lowest BCUT2D eigenvalue weighted by Crippen LogP contribution is -2.33. The Morgan fingerprint density at radius 1 is 1.38 bits per heavy atom. The van der Waals surface area contributed by atoms with Crippen molar-refractivity contribution in [2.45, 2.75) is 38.3 Å². The maximum atomic E-state index is 11.0. The fourth-order valence-corrected chi connectivity index (χ4v) is 3.09. The van der Waals surface area contributed by atoms with E-state index < -0.39 is 5.97 Å². The molecule has 1 heterocycles. The number of ether oxygens (including phenoxy) is 2. The number of aliphatic carboxylic acids is 1. The zero-order valence-corrected chi connectivity index (χ0v) is 12.8. The Balaban J connectivity index is 2.18. The normalized spacial score (nSPS) is 20.2. The summed E-state index contributed by atoms with van der Waals surface area (Å²) in [5, 5.41) is 9.03. The highest BCUT2D eigenvalue weighted by molar-refractivity contribution is 5.67. The molecule has 0 saturated carbocycles. The van der Waals surface area contributed by atoms with Gasteiger partial charge in [-0.2, -0.15) is 0 Å². The minimum Gasteiger partial charge on any atom is -0.493 e. The van der Waals surface area contributed by atoms with Crippen LogP contribution in [0.25, 0.3) is 0 Å². The van der Waals surface area contributed by atoms with Crippen LogP contribution in [0.4, 0.5) is 0 Å². The monoisotopic (exact) mass is 293 g/mol. The zero-order chi connectivity index (χ0) is 15.4. The van der Waals surface area contributed by atoms with Crippen LogP contribution in [-0.4, -0.2) is 42.8 Å². The van der Waals surface area contributed by atoms with Crippen molar-refractivity contribution in [3.8, 4) is 11.5 Å². The van der Waals surface area contributed by atoms with Gasteiger partial charge in [0.2, 0.25) is 0 Å². The van der Waals surface area contributed by atoms with E-state index in [4.69, 9.17) is 14.6 Å². The van der Waals surface area contributed by atoms with Crippen LogP contribution in [0.1, 0.15) is 37.8 Å². The summed E-state index contributed by atoms with van der Waals surface area (Å²) in [7, 11) is 3.24. The van der Waals surface area contributed by atoms with Crippen molar-refractivity contribution in [1.29, 1.82) is 0 Å². The molecule has 5 nitrogen and oxygen atoms in total. The lowest BCUT2D eigenvalue weighted by atomic mass is 10.0. The summed E-state index contributed by atoms with van der Waals surface area (Å²) >= 11 is 0. The maximum Gasteiger partial charge on any atom is 0.304 e. The summed E-state index contributed by atoms with van der Waals surface area (Å²) in [5.41, 5.74) is 1.12. The van der Waals surface area contributed by atoms with E-state index >= 15 is 0 Å². The van der Waals surface area contributed by atoms with E-state index in [0.29, 0.717) is 11.5 Å². The molecule has 116 valence electrons. The van der Waals surface area contributed by atoms with Gasteiger partial charge in [0.05, 0.1) is 20.6 Å². The van der Waals surface area contributed by atoms with Gasteiger partial charge in [0, 0.05) is 12.1 Å². The van der Waals surface area contributed by atoms with E-state index in [1.165, 1.54) is 0 Å². The Labute approximate surface area is 125 Å². The van der Waals surface area contributed by atoms with Crippen LogP contribution in [0, 0.1) is 0 Å². The summed E-state index contributed by atoms with van der Waals surface area (Å²) in [5.74, 6) is 0.680. The molecule has 1 fully saturated rings. The fraction of sp³-hybridized carbons (Fsp3) is 0.562. The van der Waals surface area contributed by atoms with Crippen molar-refractivity contribution in [3.05, 3.63) is 23.8 Å².